The van der Waals surface area contributed by atoms with Crippen LogP contribution >= 0.6 is 38.5 Å². The lowest BCUT2D eigenvalue weighted by molar-refractivity contribution is 0.593. The summed E-state index contributed by atoms with van der Waals surface area (Å²) in [7, 11) is 0. The van der Waals surface area contributed by atoms with Crippen LogP contribution in [0.15, 0.2) is 40.9 Å². The predicted molar refractivity (Wildman–Crippen MR) is 84.0 cm³/mol. The van der Waals surface area contributed by atoms with Crippen LogP contribution in [-0.2, 0) is 0 Å². The topological polar surface area (TPSA) is 26.0 Å². The molecule has 0 spiro atoms. The van der Waals surface area contributed by atoms with Crippen LogP contribution in [0.2, 0.25) is 0 Å². The van der Waals surface area contributed by atoms with Gasteiger partial charge in [0.25, 0.3) is 0 Å². The Balaban J connectivity index is 2.51. The molecule has 4 heteroatoms. The summed E-state index contributed by atoms with van der Waals surface area (Å²) in [5.74, 6) is -0.290. The Labute approximate surface area is 128 Å². The molecule has 0 radical (unpaired) electrons. The van der Waals surface area contributed by atoms with Crippen LogP contribution in [0, 0.1) is 16.3 Å². The van der Waals surface area contributed by atoms with Gasteiger partial charge in [-0.05, 0) is 62.6 Å². The number of nitrogens with two attached hydrogens (primary N) is 1. The molecule has 0 aliphatic heterocycles. The van der Waals surface area contributed by atoms with Crippen molar-refractivity contribution in [3.63, 3.8) is 0 Å². The van der Waals surface area contributed by atoms with Crippen LogP contribution in [0.4, 0.5) is 4.39 Å². The van der Waals surface area contributed by atoms with Crippen molar-refractivity contribution in [2.75, 3.05) is 0 Å². The van der Waals surface area contributed by atoms with Crippen LogP contribution in [-0.4, -0.2) is 0 Å². The average molecular weight is 420 g/mol. The summed E-state index contributed by atoms with van der Waals surface area (Å²) < 4.78 is 15.6. The fourth-order valence-corrected chi connectivity index (χ4v) is 2.92. The highest BCUT2D eigenvalue weighted by molar-refractivity contribution is 14.1. The van der Waals surface area contributed by atoms with E-state index in [1.54, 1.807) is 18.2 Å². The zero-order chi connectivity index (χ0) is 13.3. The second-order valence-corrected chi connectivity index (χ2v) is 6.03. The highest BCUT2D eigenvalue weighted by Gasteiger charge is 2.17. The fraction of sp³-hybridized carbons (Fsp3) is 0.143. The van der Waals surface area contributed by atoms with Gasteiger partial charge in [0.05, 0.1) is 10.5 Å². The van der Waals surface area contributed by atoms with E-state index in [1.807, 2.05) is 25.1 Å². The zero-order valence-electron chi connectivity index (χ0n) is 9.75. The number of rotatable bonds is 2. The maximum atomic E-state index is 14.0. The minimum atomic E-state index is -0.450. The van der Waals surface area contributed by atoms with E-state index in [-0.39, 0.29) is 5.82 Å². The zero-order valence-corrected chi connectivity index (χ0v) is 13.5. The Morgan fingerprint density at radius 3 is 2.50 bits per heavy atom. The molecule has 0 aliphatic rings. The van der Waals surface area contributed by atoms with Gasteiger partial charge in [0.15, 0.2) is 0 Å². The van der Waals surface area contributed by atoms with Gasteiger partial charge in [-0.25, -0.2) is 4.39 Å². The van der Waals surface area contributed by atoms with Crippen molar-refractivity contribution in [3.05, 3.63) is 66.9 Å². The van der Waals surface area contributed by atoms with Crippen molar-refractivity contribution in [3.8, 4) is 0 Å². The average Bonchev–Trinajstić information content (AvgIpc) is 2.35. The van der Waals surface area contributed by atoms with E-state index in [9.17, 15) is 4.39 Å². The predicted octanol–water partition coefficient (Wildman–Crippen LogP) is 4.55. The Kier molecular flexibility index (Phi) is 4.40. The first-order valence-electron chi connectivity index (χ1n) is 5.47. The van der Waals surface area contributed by atoms with Gasteiger partial charge in [-0.1, -0.05) is 30.3 Å². The summed E-state index contributed by atoms with van der Waals surface area (Å²) in [6.45, 7) is 2.02. The molecule has 2 aromatic rings. The molecule has 18 heavy (non-hydrogen) atoms. The third-order valence-corrected chi connectivity index (χ3v) is 4.96. The maximum Gasteiger partial charge on any atom is 0.142 e. The van der Waals surface area contributed by atoms with Gasteiger partial charge >= 0.3 is 0 Å². The molecule has 0 heterocycles. The molecule has 0 aromatic heterocycles. The normalized spacial score (nSPS) is 12.5. The van der Waals surface area contributed by atoms with Crippen molar-refractivity contribution < 1.29 is 4.39 Å². The van der Waals surface area contributed by atoms with Gasteiger partial charge in [0.2, 0.25) is 0 Å². The molecule has 94 valence electrons. The minimum Gasteiger partial charge on any atom is -0.320 e. The van der Waals surface area contributed by atoms with Crippen LogP contribution in [0.3, 0.4) is 0 Å². The molecule has 1 nitrogen and oxygen atoms in total. The van der Waals surface area contributed by atoms with Crippen molar-refractivity contribution in [1.82, 2.24) is 0 Å². The van der Waals surface area contributed by atoms with E-state index in [0.29, 0.717) is 10.0 Å². The van der Waals surface area contributed by atoms with Crippen molar-refractivity contribution in [2.45, 2.75) is 13.0 Å². The van der Waals surface area contributed by atoms with E-state index >= 15 is 0 Å². The molecule has 0 saturated heterocycles. The molecule has 2 rings (SSSR count). The quantitative estimate of drug-likeness (QED) is 0.710. The molecule has 2 aromatic carbocycles. The maximum absolute atomic E-state index is 14.0. The van der Waals surface area contributed by atoms with Crippen LogP contribution < -0.4 is 5.73 Å². The number of aryl methyl sites for hydroxylation is 1. The van der Waals surface area contributed by atoms with Crippen LogP contribution in [0.25, 0.3) is 0 Å². The van der Waals surface area contributed by atoms with Gasteiger partial charge in [0.1, 0.15) is 5.82 Å². The summed E-state index contributed by atoms with van der Waals surface area (Å²) in [4.78, 5) is 0. The van der Waals surface area contributed by atoms with Gasteiger partial charge in [-0.3, -0.25) is 0 Å². The molecule has 0 fully saturated rings. The second-order valence-electron chi connectivity index (χ2n) is 4.10. The molecule has 0 saturated carbocycles. The summed E-state index contributed by atoms with van der Waals surface area (Å²) in [6, 6.07) is 10.7. The molecule has 1 unspecified atom stereocenters. The Morgan fingerprint density at radius 1 is 1.17 bits per heavy atom. The van der Waals surface area contributed by atoms with Gasteiger partial charge < -0.3 is 5.73 Å². The van der Waals surface area contributed by atoms with E-state index in [4.69, 9.17) is 5.73 Å². The molecule has 0 amide bonds. The highest BCUT2D eigenvalue weighted by Crippen LogP contribution is 2.30. The smallest absolute Gasteiger partial charge is 0.142 e. The lowest BCUT2D eigenvalue weighted by atomic mass is 9.98. The number of hydrogen-bond donors (Lipinski definition) is 1. The molecule has 2 N–H and O–H groups in total. The molecular formula is C14H12BrFIN. The molecular weight excluding hydrogens is 408 g/mol. The van der Waals surface area contributed by atoms with Crippen LogP contribution in [0.1, 0.15) is 22.7 Å². The molecule has 0 bridgehead atoms. The summed E-state index contributed by atoms with van der Waals surface area (Å²) in [5, 5.41) is 0. The summed E-state index contributed by atoms with van der Waals surface area (Å²) in [6.07, 6.45) is 0. The third kappa shape index (κ3) is 2.60. The van der Waals surface area contributed by atoms with Gasteiger partial charge in [-0.15, -0.1) is 0 Å². The first-order chi connectivity index (χ1) is 8.52. The minimum absolute atomic E-state index is 0.290. The van der Waals surface area contributed by atoms with Gasteiger partial charge in [0, 0.05) is 9.13 Å². The first kappa shape index (κ1) is 14.0. The summed E-state index contributed by atoms with van der Waals surface area (Å²) in [5.41, 5.74) is 8.80. The molecule has 1 atom stereocenters. The second kappa shape index (κ2) is 5.67. The number of hydrogen-bond acceptors (Lipinski definition) is 1. The third-order valence-electron chi connectivity index (χ3n) is 2.87. The standard InChI is InChI=1S/C14H12BrFIN/c1-8-4-2-6-10(13(8)17)14(18)9-5-3-7-11(15)12(9)16/h2-7,14H,18H2,1H3. The lowest BCUT2D eigenvalue weighted by Gasteiger charge is -2.17. The summed E-state index contributed by atoms with van der Waals surface area (Å²) >= 11 is 5.44. The first-order valence-corrected chi connectivity index (χ1v) is 7.34. The Morgan fingerprint density at radius 2 is 1.78 bits per heavy atom. The van der Waals surface area contributed by atoms with Crippen molar-refractivity contribution in [2.24, 2.45) is 5.73 Å². The van der Waals surface area contributed by atoms with E-state index < -0.39 is 6.04 Å². The monoisotopic (exact) mass is 419 g/mol. The lowest BCUT2D eigenvalue weighted by Crippen LogP contribution is -2.15. The fourth-order valence-electron chi connectivity index (χ4n) is 1.84. The van der Waals surface area contributed by atoms with Crippen molar-refractivity contribution in [1.29, 1.82) is 0 Å². The Hall–Kier alpha value is -0.460. The highest BCUT2D eigenvalue weighted by atomic mass is 127. The largest absolute Gasteiger partial charge is 0.320 e. The van der Waals surface area contributed by atoms with Crippen LogP contribution in [0.5, 0.6) is 0 Å². The Bertz CT molecular complexity index is 535. The van der Waals surface area contributed by atoms with E-state index in [0.717, 1.165) is 14.7 Å². The molecule has 0 aliphatic carbocycles. The van der Waals surface area contributed by atoms with Crippen molar-refractivity contribution >= 4 is 38.5 Å². The number of benzene rings is 2. The van der Waals surface area contributed by atoms with Gasteiger partial charge in [-0.2, -0.15) is 0 Å². The van der Waals surface area contributed by atoms with E-state index in [1.165, 1.54) is 0 Å². The SMILES string of the molecule is Cc1cccc(C(N)c2cccc(Br)c2F)c1I. The van der Waals surface area contributed by atoms with E-state index in [2.05, 4.69) is 38.5 Å². The number of halogens is 3.